The Labute approximate surface area is 456 Å². The van der Waals surface area contributed by atoms with E-state index in [4.69, 9.17) is 14.2 Å². The van der Waals surface area contributed by atoms with Crippen LogP contribution in [0.4, 0.5) is 0 Å². The minimum atomic E-state index is -0.799. The van der Waals surface area contributed by atoms with Crippen molar-refractivity contribution in [1.29, 1.82) is 0 Å². The van der Waals surface area contributed by atoms with Crippen molar-refractivity contribution >= 4 is 17.9 Å². The van der Waals surface area contributed by atoms with Gasteiger partial charge in [-0.3, -0.25) is 14.4 Å². The average Bonchev–Trinajstić information content (AvgIpc) is 3.40. The van der Waals surface area contributed by atoms with Gasteiger partial charge in [-0.15, -0.1) is 0 Å². The Morgan fingerprint density at radius 2 is 0.554 bits per heavy atom. The molecule has 0 aromatic carbocycles. The molecule has 0 aliphatic rings. The molecule has 0 rings (SSSR count). The molecule has 6 nitrogen and oxygen atoms in total. The van der Waals surface area contributed by atoms with Gasteiger partial charge in [0.1, 0.15) is 13.2 Å². The topological polar surface area (TPSA) is 78.9 Å². The molecular weight excluding hydrogens is 913 g/mol. The van der Waals surface area contributed by atoms with Crippen molar-refractivity contribution in [2.45, 2.75) is 277 Å². The van der Waals surface area contributed by atoms with E-state index in [9.17, 15) is 14.4 Å². The number of esters is 3. The molecule has 0 saturated heterocycles. The van der Waals surface area contributed by atoms with Gasteiger partial charge in [-0.05, 0) is 128 Å². The first-order valence-corrected chi connectivity index (χ1v) is 30.5. The second kappa shape index (κ2) is 61.4. The summed E-state index contributed by atoms with van der Waals surface area (Å²) in [6.45, 7) is 6.42. The van der Waals surface area contributed by atoms with Gasteiger partial charge in [0.2, 0.25) is 0 Å². The third kappa shape index (κ3) is 58.7. The van der Waals surface area contributed by atoms with Crippen molar-refractivity contribution in [3.05, 3.63) is 122 Å². The average molecular weight is 1030 g/mol. The van der Waals surface area contributed by atoms with Gasteiger partial charge in [-0.1, -0.05) is 245 Å². The highest BCUT2D eigenvalue weighted by Gasteiger charge is 2.19. The molecule has 0 spiro atoms. The molecule has 0 radical (unpaired) electrons. The lowest BCUT2D eigenvalue weighted by Crippen LogP contribution is -2.30. The summed E-state index contributed by atoms with van der Waals surface area (Å²) in [7, 11) is 0. The number of hydrogen-bond donors (Lipinski definition) is 0. The van der Waals surface area contributed by atoms with Crippen LogP contribution in [0.15, 0.2) is 122 Å². The number of unbranched alkanes of at least 4 members (excludes halogenated alkanes) is 23. The maximum atomic E-state index is 12.9. The Balaban J connectivity index is 4.41. The molecule has 1 unspecified atom stereocenters. The monoisotopic (exact) mass is 1020 g/mol. The van der Waals surface area contributed by atoms with Crippen molar-refractivity contribution in [1.82, 2.24) is 0 Å². The van der Waals surface area contributed by atoms with E-state index in [2.05, 4.69) is 142 Å². The molecule has 0 heterocycles. The lowest BCUT2D eigenvalue weighted by atomic mass is 10.1. The molecule has 0 N–H and O–H groups in total. The first-order valence-electron chi connectivity index (χ1n) is 30.5. The van der Waals surface area contributed by atoms with Crippen molar-refractivity contribution in [2.75, 3.05) is 13.2 Å². The molecule has 74 heavy (non-hydrogen) atoms. The Hall–Kier alpha value is -4.19. The SMILES string of the molecule is CC/C=C\C/C=C\C/C=C\C/C=C\C/C=C\C/C=C\CCCCCCCCC(=O)OCC(COC(=O)CCCCCCC/C=C\C/C=C\CCC)OC(=O)CCCCCCCCC/C=C\C/C=C\CCCCCC. The zero-order valence-electron chi connectivity index (χ0n) is 48.1. The van der Waals surface area contributed by atoms with Crippen molar-refractivity contribution in [3.63, 3.8) is 0 Å². The molecule has 0 aromatic heterocycles. The predicted octanol–water partition coefficient (Wildman–Crippen LogP) is 20.8. The molecule has 0 aliphatic heterocycles. The molecule has 6 heteroatoms. The highest BCUT2D eigenvalue weighted by atomic mass is 16.6. The van der Waals surface area contributed by atoms with E-state index in [1.807, 2.05) is 0 Å². The van der Waals surface area contributed by atoms with Gasteiger partial charge in [0.25, 0.3) is 0 Å². The number of allylic oxidation sites excluding steroid dienone is 20. The molecule has 1 atom stereocenters. The highest BCUT2D eigenvalue weighted by Crippen LogP contribution is 2.14. The number of carbonyl (C=O) groups excluding carboxylic acids is 3. The second-order valence-corrected chi connectivity index (χ2v) is 19.9. The van der Waals surface area contributed by atoms with E-state index in [1.165, 1.54) is 77.0 Å². The number of rotatable bonds is 54. The van der Waals surface area contributed by atoms with Crippen LogP contribution in [0.25, 0.3) is 0 Å². The standard InChI is InChI=1S/C68H112O6/c1-4-7-10-13-16-19-22-25-27-29-31-32-33-34-35-36-37-39-40-43-46-49-52-55-58-61-67(70)73-64-65(63-72-66(69)60-57-54-51-48-45-42-24-21-18-15-12-9-6-3)74-68(71)62-59-56-53-50-47-44-41-38-30-28-26-23-20-17-14-11-8-5-2/h7,10,12,15-16,19-21,23-25,27-28,30-32,34-35,37,39,65H,4-6,8-9,11,13-14,17-18,22,26,29,33,36,38,40-64H2,1-3H3/b10-7-,15-12-,19-16-,23-20-,24-21-,27-25-,30-28-,32-31-,35-34-,39-37-. The van der Waals surface area contributed by atoms with Crippen LogP contribution in [-0.2, 0) is 28.6 Å². The summed E-state index contributed by atoms with van der Waals surface area (Å²) in [5.41, 5.74) is 0. The maximum absolute atomic E-state index is 12.9. The third-order valence-corrected chi connectivity index (χ3v) is 12.7. The smallest absolute Gasteiger partial charge is 0.306 e. The van der Waals surface area contributed by atoms with Crippen LogP contribution in [0.1, 0.15) is 271 Å². The van der Waals surface area contributed by atoms with E-state index >= 15 is 0 Å². The molecule has 0 aliphatic carbocycles. The van der Waals surface area contributed by atoms with Crippen LogP contribution in [-0.4, -0.2) is 37.2 Å². The Kier molecular flexibility index (Phi) is 57.9. The number of ether oxygens (including phenoxy) is 3. The fourth-order valence-electron chi connectivity index (χ4n) is 8.10. The highest BCUT2D eigenvalue weighted by molar-refractivity contribution is 5.71. The molecule has 0 fully saturated rings. The van der Waals surface area contributed by atoms with Gasteiger partial charge in [0.05, 0.1) is 0 Å². The van der Waals surface area contributed by atoms with E-state index in [0.717, 1.165) is 154 Å². The Morgan fingerprint density at radius 3 is 0.878 bits per heavy atom. The summed E-state index contributed by atoms with van der Waals surface area (Å²) >= 11 is 0. The summed E-state index contributed by atoms with van der Waals surface area (Å²) in [5.74, 6) is -0.930. The molecule has 0 aromatic rings. The van der Waals surface area contributed by atoms with Crippen LogP contribution in [0.5, 0.6) is 0 Å². The summed E-state index contributed by atoms with van der Waals surface area (Å²) in [5, 5.41) is 0. The summed E-state index contributed by atoms with van der Waals surface area (Å²) in [6, 6.07) is 0. The quantitative estimate of drug-likeness (QED) is 0.0261. The minimum Gasteiger partial charge on any atom is -0.462 e. The van der Waals surface area contributed by atoms with E-state index in [1.54, 1.807) is 0 Å². The first-order chi connectivity index (χ1) is 36.5. The van der Waals surface area contributed by atoms with Crippen molar-refractivity contribution in [3.8, 4) is 0 Å². The van der Waals surface area contributed by atoms with Gasteiger partial charge in [0, 0.05) is 19.3 Å². The molecule has 420 valence electrons. The summed E-state index contributed by atoms with van der Waals surface area (Å²) in [4.78, 5) is 38.2. The number of carbonyl (C=O) groups is 3. The van der Waals surface area contributed by atoms with Gasteiger partial charge >= 0.3 is 17.9 Å². The van der Waals surface area contributed by atoms with Gasteiger partial charge in [-0.2, -0.15) is 0 Å². The molecule has 0 saturated carbocycles. The lowest BCUT2D eigenvalue weighted by molar-refractivity contribution is -0.167. The summed E-state index contributed by atoms with van der Waals surface area (Å²) in [6.07, 6.45) is 84.7. The zero-order chi connectivity index (χ0) is 53.6. The lowest BCUT2D eigenvalue weighted by Gasteiger charge is -2.18. The second-order valence-electron chi connectivity index (χ2n) is 19.9. The molecule has 0 bridgehead atoms. The Morgan fingerprint density at radius 1 is 0.284 bits per heavy atom. The largest absolute Gasteiger partial charge is 0.462 e. The maximum Gasteiger partial charge on any atom is 0.306 e. The van der Waals surface area contributed by atoms with Crippen LogP contribution in [0, 0.1) is 0 Å². The normalized spacial score (nSPS) is 13.0. The van der Waals surface area contributed by atoms with Crippen molar-refractivity contribution < 1.29 is 28.6 Å². The predicted molar refractivity (Wildman–Crippen MR) is 320 cm³/mol. The van der Waals surface area contributed by atoms with Crippen molar-refractivity contribution in [2.24, 2.45) is 0 Å². The fraction of sp³-hybridized carbons (Fsp3) is 0.662. The zero-order valence-corrected chi connectivity index (χ0v) is 48.1. The van der Waals surface area contributed by atoms with Crippen LogP contribution < -0.4 is 0 Å². The van der Waals surface area contributed by atoms with Gasteiger partial charge in [-0.25, -0.2) is 0 Å². The minimum absolute atomic E-state index is 0.0958. The van der Waals surface area contributed by atoms with Gasteiger partial charge in [0.15, 0.2) is 6.10 Å². The van der Waals surface area contributed by atoms with E-state index < -0.39 is 6.10 Å². The number of hydrogen-bond acceptors (Lipinski definition) is 6. The first kappa shape index (κ1) is 69.8. The Bertz CT molecular complexity index is 1550. The van der Waals surface area contributed by atoms with Gasteiger partial charge < -0.3 is 14.2 Å². The molecular formula is C68H112O6. The molecule has 0 amide bonds. The van der Waals surface area contributed by atoms with Crippen LogP contribution in [0.2, 0.25) is 0 Å². The van der Waals surface area contributed by atoms with E-state index in [-0.39, 0.29) is 31.1 Å². The van der Waals surface area contributed by atoms with E-state index in [0.29, 0.717) is 19.3 Å². The third-order valence-electron chi connectivity index (χ3n) is 12.7. The van der Waals surface area contributed by atoms with Crippen LogP contribution in [0.3, 0.4) is 0 Å². The summed E-state index contributed by atoms with van der Waals surface area (Å²) < 4.78 is 16.9. The fourth-order valence-corrected chi connectivity index (χ4v) is 8.10. The van der Waals surface area contributed by atoms with Crippen LogP contribution >= 0.6 is 0 Å².